The molecule has 0 aliphatic heterocycles. The smallest absolute Gasteiger partial charge is 0.269 e. The van der Waals surface area contributed by atoms with Crippen LogP contribution in [0.15, 0.2) is 12.3 Å². The number of primary amides is 1. The van der Waals surface area contributed by atoms with Crippen LogP contribution in [0.1, 0.15) is 23.3 Å². The van der Waals surface area contributed by atoms with Gasteiger partial charge in [-0.1, -0.05) is 0 Å². The molecule has 1 aliphatic carbocycles. The summed E-state index contributed by atoms with van der Waals surface area (Å²) in [5, 5.41) is 0. The Hall–Kier alpha value is -1.78. The number of anilines is 1. The number of pyridine rings is 1. The van der Waals surface area contributed by atoms with Gasteiger partial charge in [0.2, 0.25) is 0 Å². The van der Waals surface area contributed by atoms with E-state index in [1.807, 2.05) is 14.1 Å². The highest BCUT2D eigenvalue weighted by atomic mass is 16.5. The second-order valence-electron chi connectivity index (χ2n) is 4.08. The summed E-state index contributed by atoms with van der Waals surface area (Å²) in [6.45, 7) is 0. The molecule has 2 N–H and O–H groups in total. The van der Waals surface area contributed by atoms with E-state index in [1.165, 1.54) is 0 Å². The minimum Gasteiger partial charge on any atom is -0.488 e. The lowest BCUT2D eigenvalue weighted by atomic mass is 10.2. The number of carbonyl (C=O) groups excluding carboxylic acids is 1. The number of rotatable bonds is 4. The van der Waals surface area contributed by atoms with Crippen LogP contribution in [0.5, 0.6) is 5.75 Å². The molecule has 0 bridgehead atoms. The maximum absolute atomic E-state index is 11.3. The molecule has 1 aliphatic rings. The molecule has 86 valence electrons. The molecule has 0 radical (unpaired) electrons. The predicted molar refractivity (Wildman–Crippen MR) is 60.7 cm³/mol. The third-order valence-corrected chi connectivity index (χ3v) is 2.39. The van der Waals surface area contributed by atoms with Gasteiger partial charge >= 0.3 is 0 Å². The zero-order chi connectivity index (χ0) is 11.7. The standard InChI is InChI=1S/C11H15N3O2/c1-14(2)10-8(16-7-3-4-7)5-6-13-9(10)11(12)15/h5-7H,3-4H2,1-2H3,(H2,12,15). The van der Waals surface area contributed by atoms with Gasteiger partial charge in [-0.25, -0.2) is 4.98 Å². The van der Waals surface area contributed by atoms with Gasteiger partial charge in [-0.3, -0.25) is 4.79 Å². The van der Waals surface area contributed by atoms with Crippen LogP contribution in [0.25, 0.3) is 0 Å². The third-order valence-electron chi connectivity index (χ3n) is 2.39. The van der Waals surface area contributed by atoms with Crippen molar-refractivity contribution in [2.75, 3.05) is 19.0 Å². The molecule has 1 saturated carbocycles. The molecule has 16 heavy (non-hydrogen) atoms. The van der Waals surface area contributed by atoms with Crippen LogP contribution in [0, 0.1) is 0 Å². The monoisotopic (exact) mass is 221 g/mol. The molecule has 0 spiro atoms. The molecule has 1 aromatic rings. The second kappa shape index (κ2) is 4.00. The first kappa shape index (κ1) is 10.7. The van der Waals surface area contributed by atoms with Crippen molar-refractivity contribution in [3.63, 3.8) is 0 Å². The van der Waals surface area contributed by atoms with Crippen molar-refractivity contribution in [3.05, 3.63) is 18.0 Å². The molecule has 1 amide bonds. The molecular formula is C11H15N3O2. The van der Waals surface area contributed by atoms with Crippen molar-refractivity contribution >= 4 is 11.6 Å². The fraction of sp³-hybridized carbons (Fsp3) is 0.455. The van der Waals surface area contributed by atoms with Crippen LogP contribution in [0.4, 0.5) is 5.69 Å². The Morgan fingerprint density at radius 2 is 2.25 bits per heavy atom. The minimum absolute atomic E-state index is 0.253. The van der Waals surface area contributed by atoms with Crippen molar-refractivity contribution in [2.24, 2.45) is 5.73 Å². The van der Waals surface area contributed by atoms with E-state index in [4.69, 9.17) is 10.5 Å². The number of hydrogen-bond acceptors (Lipinski definition) is 4. The molecule has 0 saturated heterocycles. The van der Waals surface area contributed by atoms with E-state index >= 15 is 0 Å². The van der Waals surface area contributed by atoms with E-state index in [2.05, 4.69) is 4.98 Å². The Morgan fingerprint density at radius 1 is 1.56 bits per heavy atom. The first-order valence-electron chi connectivity index (χ1n) is 5.22. The molecule has 1 heterocycles. The van der Waals surface area contributed by atoms with Crippen molar-refractivity contribution in [2.45, 2.75) is 18.9 Å². The number of carbonyl (C=O) groups is 1. The maximum atomic E-state index is 11.3. The van der Waals surface area contributed by atoms with E-state index in [-0.39, 0.29) is 11.8 Å². The second-order valence-corrected chi connectivity index (χ2v) is 4.08. The van der Waals surface area contributed by atoms with Gasteiger partial charge in [0, 0.05) is 26.4 Å². The van der Waals surface area contributed by atoms with Gasteiger partial charge in [0.05, 0.1) is 6.10 Å². The van der Waals surface area contributed by atoms with Crippen molar-refractivity contribution in [1.29, 1.82) is 0 Å². The van der Waals surface area contributed by atoms with Crippen LogP contribution < -0.4 is 15.4 Å². The molecule has 0 unspecified atom stereocenters. The molecule has 2 rings (SSSR count). The lowest BCUT2D eigenvalue weighted by molar-refractivity contribution is 0.0995. The van der Waals surface area contributed by atoms with Gasteiger partial charge in [0.15, 0.2) is 5.69 Å². The molecule has 1 fully saturated rings. The molecule has 5 heteroatoms. The number of nitrogens with two attached hydrogens (primary N) is 1. The summed E-state index contributed by atoms with van der Waals surface area (Å²) < 4.78 is 5.72. The summed E-state index contributed by atoms with van der Waals surface area (Å²) in [4.78, 5) is 17.0. The van der Waals surface area contributed by atoms with Crippen molar-refractivity contribution in [3.8, 4) is 5.75 Å². The first-order valence-corrected chi connectivity index (χ1v) is 5.22. The Labute approximate surface area is 94.2 Å². The van der Waals surface area contributed by atoms with Gasteiger partial charge in [-0.05, 0) is 12.8 Å². The minimum atomic E-state index is -0.537. The SMILES string of the molecule is CN(C)c1c(OC2CC2)ccnc1C(N)=O. The summed E-state index contributed by atoms with van der Waals surface area (Å²) in [5.41, 5.74) is 6.19. The lowest BCUT2D eigenvalue weighted by Crippen LogP contribution is -2.21. The molecule has 1 aromatic heterocycles. The lowest BCUT2D eigenvalue weighted by Gasteiger charge is -2.19. The maximum Gasteiger partial charge on any atom is 0.269 e. The molecule has 0 atom stereocenters. The fourth-order valence-electron chi connectivity index (χ4n) is 1.51. The highest BCUT2D eigenvalue weighted by molar-refractivity contribution is 5.97. The summed E-state index contributed by atoms with van der Waals surface area (Å²) in [6.07, 6.45) is 3.97. The van der Waals surface area contributed by atoms with E-state index in [9.17, 15) is 4.79 Å². The van der Waals surface area contributed by atoms with Gasteiger partial charge in [0.1, 0.15) is 11.4 Å². The number of aromatic nitrogens is 1. The average molecular weight is 221 g/mol. The Bertz CT molecular complexity index is 414. The topological polar surface area (TPSA) is 68.4 Å². The zero-order valence-electron chi connectivity index (χ0n) is 9.43. The molecule has 0 aromatic carbocycles. The highest BCUT2D eigenvalue weighted by Gasteiger charge is 2.26. The van der Waals surface area contributed by atoms with E-state index in [1.54, 1.807) is 17.2 Å². The van der Waals surface area contributed by atoms with Crippen molar-refractivity contribution in [1.82, 2.24) is 4.98 Å². The average Bonchev–Trinajstić information content (AvgIpc) is 3.00. The number of amides is 1. The van der Waals surface area contributed by atoms with Gasteiger partial charge in [0.25, 0.3) is 5.91 Å². The molecule has 5 nitrogen and oxygen atoms in total. The van der Waals surface area contributed by atoms with Crippen LogP contribution in [0.3, 0.4) is 0 Å². The highest BCUT2D eigenvalue weighted by Crippen LogP contribution is 2.34. The summed E-state index contributed by atoms with van der Waals surface area (Å²) >= 11 is 0. The van der Waals surface area contributed by atoms with Gasteiger partial charge < -0.3 is 15.4 Å². The zero-order valence-corrected chi connectivity index (χ0v) is 9.43. The summed E-state index contributed by atoms with van der Waals surface area (Å²) in [6, 6.07) is 1.76. The van der Waals surface area contributed by atoms with Gasteiger partial charge in [-0.2, -0.15) is 0 Å². The Balaban J connectivity index is 2.41. The first-order chi connectivity index (χ1) is 7.59. The van der Waals surface area contributed by atoms with Crippen LogP contribution in [0.2, 0.25) is 0 Å². The fourth-order valence-corrected chi connectivity index (χ4v) is 1.51. The van der Waals surface area contributed by atoms with Crippen molar-refractivity contribution < 1.29 is 9.53 Å². The van der Waals surface area contributed by atoms with Crippen LogP contribution in [-0.2, 0) is 0 Å². The normalized spacial score (nSPS) is 14.6. The van der Waals surface area contributed by atoms with E-state index in [0.29, 0.717) is 11.4 Å². The largest absolute Gasteiger partial charge is 0.488 e. The van der Waals surface area contributed by atoms with E-state index < -0.39 is 5.91 Å². The quantitative estimate of drug-likeness (QED) is 0.816. The number of ether oxygens (including phenoxy) is 1. The summed E-state index contributed by atoms with van der Waals surface area (Å²) in [7, 11) is 3.67. The van der Waals surface area contributed by atoms with E-state index in [0.717, 1.165) is 12.8 Å². The predicted octanol–water partition coefficient (Wildman–Crippen LogP) is 0.788. The number of hydrogen-bond donors (Lipinski definition) is 1. The van der Waals surface area contributed by atoms with Crippen LogP contribution >= 0.6 is 0 Å². The third kappa shape index (κ3) is 2.08. The molecular weight excluding hydrogens is 206 g/mol. The van der Waals surface area contributed by atoms with Gasteiger partial charge in [-0.15, -0.1) is 0 Å². The number of nitrogens with zero attached hydrogens (tertiary/aromatic N) is 2. The Morgan fingerprint density at radius 3 is 2.75 bits per heavy atom. The Kier molecular flexibility index (Phi) is 2.68. The van der Waals surface area contributed by atoms with Crippen LogP contribution in [-0.4, -0.2) is 31.1 Å². The summed E-state index contributed by atoms with van der Waals surface area (Å²) in [5.74, 6) is 0.140.